The van der Waals surface area contributed by atoms with Gasteiger partial charge >= 0.3 is 0 Å². The maximum Gasteiger partial charge on any atom is 0.153 e. The highest BCUT2D eigenvalue weighted by Gasteiger charge is 2.33. The van der Waals surface area contributed by atoms with E-state index in [-0.39, 0.29) is 17.5 Å². The number of imidazole rings is 1. The lowest BCUT2D eigenvalue weighted by Gasteiger charge is -2.34. The van der Waals surface area contributed by atoms with Crippen molar-refractivity contribution in [3.05, 3.63) is 35.2 Å². The number of hydrogen-bond acceptors (Lipinski definition) is 5. The summed E-state index contributed by atoms with van der Waals surface area (Å²) in [6, 6.07) is -0.167. The number of aromatic nitrogens is 4. The maximum atomic E-state index is 12.1. The smallest absolute Gasteiger partial charge is 0.153 e. The zero-order valence-corrected chi connectivity index (χ0v) is 14.6. The average molecular weight is 337 g/mol. The second-order valence-electron chi connectivity index (χ2n) is 6.12. The fourth-order valence-electron chi connectivity index (χ4n) is 2.95. The summed E-state index contributed by atoms with van der Waals surface area (Å²) < 4.78 is 26.0. The van der Waals surface area contributed by atoms with Crippen LogP contribution in [-0.4, -0.2) is 51.1 Å². The van der Waals surface area contributed by atoms with Gasteiger partial charge in [-0.3, -0.25) is 9.58 Å². The van der Waals surface area contributed by atoms with Gasteiger partial charge in [0, 0.05) is 30.5 Å². The second-order valence-corrected chi connectivity index (χ2v) is 8.35. The summed E-state index contributed by atoms with van der Waals surface area (Å²) in [5.74, 6) is 1.22. The molecule has 0 aliphatic carbocycles. The van der Waals surface area contributed by atoms with Gasteiger partial charge in [-0.2, -0.15) is 5.10 Å². The summed E-state index contributed by atoms with van der Waals surface area (Å²) in [4.78, 5) is 9.98. The molecule has 1 saturated heterocycles. The second kappa shape index (κ2) is 6.09. The SMILES string of the molecule is CCn1cc(C2CS(=O)(=O)CCN2Cc2nc(C)c(C)[nH]2)cn1. The molecule has 2 aromatic rings. The minimum absolute atomic E-state index is 0.140. The van der Waals surface area contributed by atoms with E-state index in [0.29, 0.717) is 13.1 Å². The molecule has 3 rings (SSSR count). The Hall–Kier alpha value is -1.67. The number of sulfone groups is 1. The van der Waals surface area contributed by atoms with Crippen molar-refractivity contribution >= 4 is 9.84 Å². The topological polar surface area (TPSA) is 83.9 Å². The van der Waals surface area contributed by atoms with E-state index < -0.39 is 9.84 Å². The van der Waals surface area contributed by atoms with Crippen molar-refractivity contribution in [1.82, 2.24) is 24.6 Å². The van der Waals surface area contributed by atoms with Crippen molar-refractivity contribution in [2.75, 3.05) is 18.1 Å². The van der Waals surface area contributed by atoms with Crippen LogP contribution in [0.15, 0.2) is 12.4 Å². The maximum absolute atomic E-state index is 12.1. The summed E-state index contributed by atoms with van der Waals surface area (Å²) in [5, 5.41) is 4.29. The lowest BCUT2D eigenvalue weighted by atomic mass is 10.1. The first kappa shape index (κ1) is 16.2. The predicted molar refractivity (Wildman–Crippen MR) is 87.8 cm³/mol. The third-order valence-corrected chi connectivity index (χ3v) is 6.06. The standard InChI is InChI=1S/C15H23N5O2S/c1-4-20-8-13(7-16-20)14-10-23(21,22)6-5-19(14)9-15-17-11(2)12(3)18-15/h7-8,14H,4-6,9-10H2,1-3H3,(H,17,18). The van der Waals surface area contributed by atoms with E-state index in [1.807, 2.05) is 31.6 Å². The molecule has 1 fully saturated rings. The molecule has 1 unspecified atom stereocenters. The van der Waals surface area contributed by atoms with E-state index in [1.165, 1.54) is 0 Å². The van der Waals surface area contributed by atoms with Crippen LogP contribution in [0.4, 0.5) is 0 Å². The Morgan fingerprint density at radius 3 is 2.78 bits per heavy atom. The Labute approximate surface area is 136 Å². The van der Waals surface area contributed by atoms with E-state index in [1.54, 1.807) is 6.20 Å². The summed E-state index contributed by atoms with van der Waals surface area (Å²) in [5.41, 5.74) is 3.00. The van der Waals surface area contributed by atoms with Crippen molar-refractivity contribution in [2.24, 2.45) is 0 Å². The Bertz CT molecular complexity index is 773. The lowest BCUT2D eigenvalue weighted by molar-refractivity contribution is 0.201. The lowest BCUT2D eigenvalue weighted by Crippen LogP contribution is -2.42. The summed E-state index contributed by atoms with van der Waals surface area (Å²) in [6.07, 6.45) is 3.72. The molecule has 1 aliphatic heterocycles. The first-order chi connectivity index (χ1) is 10.9. The van der Waals surface area contributed by atoms with E-state index in [2.05, 4.69) is 20.0 Å². The summed E-state index contributed by atoms with van der Waals surface area (Å²) in [7, 11) is -3.02. The molecule has 0 bridgehead atoms. The van der Waals surface area contributed by atoms with Crippen LogP contribution in [0.5, 0.6) is 0 Å². The van der Waals surface area contributed by atoms with E-state index in [9.17, 15) is 8.42 Å². The highest BCUT2D eigenvalue weighted by Crippen LogP contribution is 2.28. The molecule has 126 valence electrons. The number of nitrogens with one attached hydrogen (secondary N) is 1. The molecule has 1 N–H and O–H groups in total. The van der Waals surface area contributed by atoms with Crippen LogP contribution in [0.3, 0.4) is 0 Å². The van der Waals surface area contributed by atoms with Crippen LogP contribution in [0.1, 0.15) is 35.7 Å². The van der Waals surface area contributed by atoms with Crippen LogP contribution in [-0.2, 0) is 22.9 Å². The summed E-state index contributed by atoms with van der Waals surface area (Å²) in [6.45, 7) is 7.89. The quantitative estimate of drug-likeness (QED) is 0.907. The zero-order chi connectivity index (χ0) is 16.6. The van der Waals surface area contributed by atoms with Gasteiger partial charge in [-0.15, -0.1) is 0 Å². The van der Waals surface area contributed by atoms with Gasteiger partial charge in [0.05, 0.1) is 36.0 Å². The van der Waals surface area contributed by atoms with Gasteiger partial charge in [-0.1, -0.05) is 0 Å². The third kappa shape index (κ3) is 3.48. The third-order valence-electron chi connectivity index (χ3n) is 4.43. The molecule has 3 heterocycles. The van der Waals surface area contributed by atoms with Crippen molar-refractivity contribution in [3.8, 4) is 0 Å². The Morgan fingerprint density at radius 1 is 1.39 bits per heavy atom. The number of aryl methyl sites for hydroxylation is 3. The van der Waals surface area contributed by atoms with Gasteiger partial charge in [-0.05, 0) is 20.8 Å². The molecule has 1 atom stereocenters. The molecular weight excluding hydrogens is 314 g/mol. The molecule has 2 aromatic heterocycles. The van der Waals surface area contributed by atoms with Gasteiger partial charge in [0.1, 0.15) is 5.82 Å². The zero-order valence-electron chi connectivity index (χ0n) is 13.8. The largest absolute Gasteiger partial charge is 0.345 e. The van der Waals surface area contributed by atoms with Gasteiger partial charge < -0.3 is 4.98 Å². The molecule has 8 heteroatoms. The molecule has 0 aromatic carbocycles. The molecule has 0 radical (unpaired) electrons. The number of aromatic amines is 1. The highest BCUT2D eigenvalue weighted by molar-refractivity contribution is 7.91. The number of rotatable bonds is 4. The van der Waals surface area contributed by atoms with Crippen LogP contribution in [0.25, 0.3) is 0 Å². The van der Waals surface area contributed by atoms with Crippen LogP contribution >= 0.6 is 0 Å². The minimum atomic E-state index is -3.02. The van der Waals surface area contributed by atoms with E-state index >= 15 is 0 Å². The van der Waals surface area contributed by atoms with Gasteiger partial charge in [0.2, 0.25) is 0 Å². The van der Waals surface area contributed by atoms with Crippen LogP contribution in [0, 0.1) is 13.8 Å². The number of hydrogen-bond donors (Lipinski definition) is 1. The van der Waals surface area contributed by atoms with Gasteiger partial charge in [0.15, 0.2) is 9.84 Å². The molecule has 23 heavy (non-hydrogen) atoms. The minimum Gasteiger partial charge on any atom is -0.345 e. The number of nitrogens with zero attached hydrogens (tertiary/aromatic N) is 4. The van der Waals surface area contributed by atoms with Crippen LogP contribution in [0.2, 0.25) is 0 Å². The Morgan fingerprint density at radius 2 is 2.17 bits per heavy atom. The molecular formula is C15H23N5O2S. The first-order valence-electron chi connectivity index (χ1n) is 7.87. The van der Waals surface area contributed by atoms with Gasteiger partial charge in [0.25, 0.3) is 0 Å². The number of H-pyrrole nitrogens is 1. The van der Waals surface area contributed by atoms with Crippen molar-refractivity contribution < 1.29 is 8.42 Å². The normalized spacial score (nSPS) is 21.6. The van der Waals surface area contributed by atoms with Crippen molar-refractivity contribution in [1.29, 1.82) is 0 Å². The fourth-order valence-corrected chi connectivity index (χ4v) is 4.51. The summed E-state index contributed by atoms with van der Waals surface area (Å²) >= 11 is 0. The first-order valence-corrected chi connectivity index (χ1v) is 9.69. The monoisotopic (exact) mass is 337 g/mol. The molecule has 0 saturated carbocycles. The fraction of sp³-hybridized carbons (Fsp3) is 0.600. The van der Waals surface area contributed by atoms with Crippen molar-refractivity contribution in [3.63, 3.8) is 0 Å². The van der Waals surface area contributed by atoms with Crippen LogP contribution < -0.4 is 0 Å². The van der Waals surface area contributed by atoms with Gasteiger partial charge in [-0.25, -0.2) is 13.4 Å². The molecule has 0 amide bonds. The molecule has 1 aliphatic rings. The molecule has 0 spiro atoms. The predicted octanol–water partition coefficient (Wildman–Crippen LogP) is 1.21. The molecule has 7 nitrogen and oxygen atoms in total. The Balaban J connectivity index is 1.86. The highest BCUT2D eigenvalue weighted by atomic mass is 32.2. The van der Waals surface area contributed by atoms with E-state index in [4.69, 9.17) is 0 Å². The average Bonchev–Trinajstić information content (AvgIpc) is 3.08. The Kier molecular flexibility index (Phi) is 4.29. The van der Waals surface area contributed by atoms with Crippen molar-refractivity contribution in [2.45, 2.75) is 39.9 Å². The van der Waals surface area contributed by atoms with E-state index in [0.717, 1.165) is 29.3 Å².